The maximum atomic E-state index is 10.5. The van der Waals surface area contributed by atoms with Crippen LogP contribution in [-0.4, -0.2) is 39.2 Å². The Kier molecular flexibility index (Phi) is 5.44. The molecule has 0 fully saturated rings. The number of nitrogens with two attached hydrogens (primary N) is 1. The van der Waals surface area contributed by atoms with Crippen LogP contribution in [0.25, 0.3) is 0 Å². The highest BCUT2D eigenvalue weighted by Gasteiger charge is 2.03. The van der Waals surface area contributed by atoms with Gasteiger partial charge in [0, 0.05) is 0 Å². The molecule has 12 heavy (non-hydrogen) atoms. The minimum atomic E-state index is -3.26. The zero-order chi connectivity index (χ0) is 9.61. The van der Waals surface area contributed by atoms with Crippen LogP contribution < -0.4 is 5.14 Å². The Balaban J connectivity index is 3.44. The Morgan fingerprint density at radius 3 is 2.33 bits per heavy atom. The molecule has 0 aliphatic carbocycles. The smallest absolute Gasteiger partial charge is 0.209 e. The van der Waals surface area contributed by atoms with Gasteiger partial charge >= 0.3 is 0 Å². The topological polar surface area (TPSA) is 63.4 Å². The molecule has 0 amide bonds. The average molecular weight is 194 g/mol. The van der Waals surface area contributed by atoms with E-state index in [4.69, 9.17) is 5.14 Å². The van der Waals surface area contributed by atoms with Crippen LogP contribution in [0.5, 0.6) is 0 Å². The molecule has 5 heteroatoms. The quantitative estimate of drug-likeness (QED) is 0.647. The fraction of sp³-hybridized carbons (Fsp3) is 1.00. The van der Waals surface area contributed by atoms with E-state index in [0.29, 0.717) is 6.42 Å². The van der Waals surface area contributed by atoms with Gasteiger partial charge in [-0.2, -0.15) is 0 Å². The molecule has 0 saturated carbocycles. The van der Waals surface area contributed by atoms with Crippen LogP contribution in [0, 0.1) is 0 Å². The first-order valence-electron chi connectivity index (χ1n) is 4.14. The van der Waals surface area contributed by atoms with Crippen LogP contribution in [0.1, 0.15) is 19.8 Å². The maximum Gasteiger partial charge on any atom is 0.209 e. The molecular formula is C7H18N2O2S. The first kappa shape index (κ1) is 11.9. The number of sulfonamides is 1. The number of nitrogens with zero attached hydrogens (tertiary/aromatic N) is 1. The average Bonchev–Trinajstić information content (AvgIpc) is 1.84. The summed E-state index contributed by atoms with van der Waals surface area (Å²) in [6.45, 7) is 3.89. The van der Waals surface area contributed by atoms with Crippen LogP contribution in [-0.2, 0) is 10.0 Å². The predicted octanol–water partition coefficient (Wildman–Crippen LogP) is 0.00680. The second-order valence-electron chi connectivity index (χ2n) is 3.02. The third-order valence-corrected chi connectivity index (χ3v) is 2.43. The lowest BCUT2D eigenvalue weighted by atomic mass is 10.4. The predicted molar refractivity (Wildman–Crippen MR) is 50.4 cm³/mol. The van der Waals surface area contributed by atoms with Gasteiger partial charge in [0.1, 0.15) is 0 Å². The molecule has 0 bridgehead atoms. The molecule has 74 valence electrons. The summed E-state index contributed by atoms with van der Waals surface area (Å²) in [5, 5.41) is 4.85. The highest BCUT2D eigenvalue weighted by molar-refractivity contribution is 7.89. The van der Waals surface area contributed by atoms with Crippen molar-refractivity contribution in [3.63, 3.8) is 0 Å². The molecule has 0 spiro atoms. The van der Waals surface area contributed by atoms with Crippen molar-refractivity contribution in [2.45, 2.75) is 19.8 Å². The molecule has 2 N–H and O–H groups in total. The number of hydrogen-bond donors (Lipinski definition) is 1. The minimum absolute atomic E-state index is 0.0844. The SMILES string of the molecule is CCCN(C)CCCS(N)(=O)=O. The van der Waals surface area contributed by atoms with Gasteiger partial charge in [-0.25, -0.2) is 13.6 Å². The largest absolute Gasteiger partial charge is 0.306 e. The lowest BCUT2D eigenvalue weighted by Crippen LogP contribution is -2.24. The van der Waals surface area contributed by atoms with Gasteiger partial charge in [0.25, 0.3) is 0 Å². The summed E-state index contributed by atoms with van der Waals surface area (Å²) in [4.78, 5) is 2.10. The van der Waals surface area contributed by atoms with Crippen molar-refractivity contribution in [2.75, 3.05) is 25.9 Å². The third-order valence-electron chi connectivity index (χ3n) is 1.57. The standard InChI is InChI=1S/C7H18N2O2S/c1-3-5-9(2)6-4-7-12(8,10)11/h3-7H2,1-2H3,(H2,8,10,11). The van der Waals surface area contributed by atoms with Crippen LogP contribution in [0.3, 0.4) is 0 Å². The van der Waals surface area contributed by atoms with Gasteiger partial charge in [0.15, 0.2) is 0 Å². The van der Waals surface area contributed by atoms with Crippen LogP contribution in [0.4, 0.5) is 0 Å². The highest BCUT2D eigenvalue weighted by atomic mass is 32.2. The van der Waals surface area contributed by atoms with Gasteiger partial charge in [0.2, 0.25) is 10.0 Å². The van der Waals surface area contributed by atoms with Crippen molar-refractivity contribution in [3.05, 3.63) is 0 Å². The van der Waals surface area contributed by atoms with Crippen LogP contribution in [0.15, 0.2) is 0 Å². The lowest BCUT2D eigenvalue weighted by Gasteiger charge is -2.14. The Bertz CT molecular complexity index is 201. The van der Waals surface area contributed by atoms with Crippen LogP contribution >= 0.6 is 0 Å². The third kappa shape index (κ3) is 7.97. The summed E-state index contributed by atoms with van der Waals surface area (Å²) in [7, 11) is -1.28. The van der Waals surface area contributed by atoms with E-state index in [2.05, 4.69) is 11.8 Å². The van der Waals surface area contributed by atoms with Crippen LogP contribution in [0.2, 0.25) is 0 Å². The van der Waals surface area contributed by atoms with Gasteiger partial charge in [-0.05, 0) is 33.0 Å². The monoisotopic (exact) mass is 194 g/mol. The molecule has 0 aliphatic rings. The first-order chi connectivity index (χ1) is 5.45. The summed E-state index contributed by atoms with van der Waals surface area (Å²) in [6.07, 6.45) is 1.71. The molecule has 0 atom stereocenters. The van der Waals surface area contributed by atoms with E-state index in [0.717, 1.165) is 19.5 Å². The molecule has 4 nitrogen and oxygen atoms in total. The minimum Gasteiger partial charge on any atom is -0.306 e. The molecule has 0 aliphatic heterocycles. The summed E-state index contributed by atoms with van der Waals surface area (Å²) < 4.78 is 21.1. The van der Waals surface area contributed by atoms with Crippen molar-refractivity contribution in [3.8, 4) is 0 Å². The molecule has 0 rings (SSSR count). The van der Waals surface area contributed by atoms with Gasteiger partial charge in [-0.1, -0.05) is 6.92 Å². The van der Waals surface area contributed by atoms with Gasteiger partial charge in [0.05, 0.1) is 5.75 Å². The maximum absolute atomic E-state index is 10.5. The lowest BCUT2D eigenvalue weighted by molar-refractivity contribution is 0.336. The summed E-state index contributed by atoms with van der Waals surface area (Å²) in [6, 6.07) is 0. The molecule has 0 heterocycles. The summed E-state index contributed by atoms with van der Waals surface area (Å²) in [5.74, 6) is 0.0844. The van der Waals surface area contributed by atoms with Gasteiger partial charge < -0.3 is 4.90 Å². The molecule has 0 aromatic heterocycles. The Morgan fingerprint density at radius 1 is 1.33 bits per heavy atom. The van der Waals surface area contributed by atoms with Crippen molar-refractivity contribution < 1.29 is 8.42 Å². The molecule has 0 unspecified atom stereocenters. The van der Waals surface area contributed by atoms with E-state index in [1.54, 1.807) is 0 Å². The highest BCUT2D eigenvalue weighted by Crippen LogP contribution is 1.91. The van der Waals surface area contributed by atoms with Crippen molar-refractivity contribution in [2.24, 2.45) is 5.14 Å². The molecule has 0 saturated heterocycles. The van der Waals surface area contributed by atoms with E-state index < -0.39 is 10.0 Å². The number of hydrogen-bond acceptors (Lipinski definition) is 3. The van der Waals surface area contributed by atoms with E-state index in [9.17, 15) is 8.42 Å². The van der Waals surface area contributed by atoms with E-state index in [-0.39, 0.29) is 5.75 Å². The summed E-state index contributed by atoms with van der Waals surface area (Å²) in [5.41, 5.74) is 0. The Labute approximate surface area is 74.8 Å². The fourth-order valence-corrected chi connectivity index (χ4v) is 1.56. The summed E-state index contributed by atoms with van der Waals surface area (Å²) >= 11 is 0. The van der Waals surface area contributed by atoms with Crippen molar-refractivity contribution in [1.29, 1.82) is 0 Å². The number of primary sulfonamides is 1. The normalized spacial score (nSPS) is 12.3. The zero-order valence-electron chi connectivity index (χ0n) is 7.78. The second-order valence-corrected chi connectivity index (χ2v) is 4.76. The molecule has 0 aromatic rings. The fourth-order valence-electron chi connectivity index (χ4n) is 1.03. The Morgan fingerprint density at radius 2 is 1.92 bits per heavy atom. The van der Waals surface area contributed by atoms with E-state index >= 15 is 0 Å². The van der Waals surface area contributed by atoms with E-state index in [1.165, 1.54) is 0 Å². The van der Waals surface area contributed by atoms with E-state index in [1.807, 2.05) is 7.05 Å². The first-order valence-corrected chi connectivity index (χ1v) is 5.86. The van der Waals surface area contributed by atoms with Gasteiger partial charge in [-0.15, -0.1) is 0 Å². The Hall–Kier alpha value is -0.130. The second kappa shape index (κ2) is 5.50. The molecule has 0 aromatic carbocycles. The molecule has 0 radical (unpaired) electrons. The number of rotatable bonds is 6. The van der Waals surface area contributed by atoms with Crippen molar-refractivity contribution in [1.82, 2.24) is 4.90 Å². The van der Waals surface area contributed by atoms with Gasteiger partial charge in [-0.3, -0.25) is 0 Å². The molecular weight excluding hydrogens is 176 g/mol. The van der Waals surface area contributed by atoms with Crippen molar-refractivity contribution >= 4 is 10.0 Å². The zero-order valence-corrected chi connectivity index (χ0v) is 8.60.